The lowest BCUT2D eigenvalue weighted by Crippen LogP contribution is -2.36. The van der Waals surface area contributed by atoms with Crippen molar-refractivity contribution in [1.82, 2.24) is 15.5 Å². The lowest BCUT2D eigenvalue weighted by atomic mass is 10.1. The van der Waals surface area contributed by atoms with Crippen LogP contribution >= 0.6 is 23.4 Å². The summed E-state index contributed by atoms with van der Waals surface area (Å²) < 4.78 is 0. The molecule has 2 saturated heterocycles. The first kappa shape index (κ1) is 23.6. The van der Waals surface area contributed by atoms with Gasteiger partial charge in [-0.15, -0.1) is 0 Å². The number of imide groups is 2. The number of fused-ring (bicyclic) bond motifs is 1. The van der Waals surface area contributed by atoms with Gasteiger partial charge in [-0.05, 0) is 55.4 Å². The minimum Gasteiger partial charge on any atom is -0.368 e. The highest BCUT2D eigenvalue weighted by Crippen LogP contribution is 2.36. The van der Waals surface area contributed by atoms with E-state index in [1.54, 1.807) is 30.3 Å². The molecule has 4 amide bonds. The molecule has 35 heavy (non-hydrogen) atoms. The molecule has 3 aliphatic heterocycles. The van der Waals surface area contributed by atoms with Gasteiger partial charge in [0, 0.05) is 31.2 Å². The van der Waals surface area contributed by atoms with Crippen LogP contribution in [-0.4, -0.2) is 60.1 Å². The molecule has 5 rings (SSSR count). The highest BCUT2D eigenvalue weighted by Gasteiger charge is 2.34. The fourth-order valence-corrected chi connectivity index (χ4v) is 5.63. The first-order valence-electron chi connectivity index (χ1n) is 11.4. The van der Waals surface area contributed by atoms with Crippen LogP contribution in [0, 0.1) is 0 Å². The summed E-state index contributed by atoms with van der Waals surface area (Å²) in [5, 5.41) is 6.00. The average molecular weight is 511 g/mol. The first-order valence-corrected chi connectivity index (χ1v) is 12.6. The number of para-hydroxylation sites is 1. The number of carbonyl (C=O) groups is 4. The second kappa shape index (κ2) is 9.85. The Morgan fingerprint density at radius 3 is 2.49 bits per heavy atom. The van der Waals surface area contributed by atoms with Crippen molar-refractivity contribution in [2.24, 2.45) is 0 Å². The number of anilines is 1. The Kier molecular flexibility index (Phi) is 6.64. The summed E-state index contributed by atoms with van der Waals surface area (Å²) in [7, 11) is 0. The number of nitrogens with one attached hydrogen (secondary N) is 2. The first-order chi connectivity index (χ1) is 16.9. The summed E-state index contributed by atoms with van der Waals surface area (Å²) >= 11 is 7.42. The molecule has 0 saturated carbocycles. The zero-order chi connectivity index (χ0) is 24.5. The Morgan fingerprint density at radius 2 is 1.80 bits per heavy atom. The second-order valence-corrected chi connectivity index (χ2v) is 10.00. The quantitative estimate of drug-likeness (QED) is 0.334. The van der Waals surface area contributed by atoms with Gasteiger partial charge in [0.15, 0.2) is 0 Å². The van der Waals surface area contributed by atoms with Crippen molar-refractivity contribution in [2.45, 2.75) is 18.9 Å². The van der Waals surface area contributed by atoms with E-state index in [9.17, 15) is 19.2 Å². The third-order valence-corrected chi connectivity index (χ3v) is 7.44. The van der Waals surface area contributed by atoms with Gasteiger partial charge in [-0.3, -0.25) is 29.4 Å². The molecule has 180 valence electrons. The second-order valence-electron chi connectivity index (χ2n) is 8.58. The fourth-order valence-electron chi connectivity index (χ4n) is 4.66. The molecule has 0 spiro atoms. The number of hydrogen-bond acceptors (Lipinski definition) is 7. The van der Waals surface area contributed by atoms with Gasteiger partial charge in [-0.25, -0.2) is 0 Å². The number of amides is 4. The van der Waals surface area contributed by atoms with Gasteiger partial charge in [-0.2, -0.15) is 0 Å². The minimum absolute atomic E-state index is 0.222. The molecule has 3 heterocycles. The molecular weight excluding hydrogens is 488 g/mol. The average Bonchev–Trinajstić information content (AvgIpc) is 3.49. The van der Waals surface area contributed by atoms with Crippen molar-refractivity contribution in [3.8, 4) is 0 Å². The van der Waals surface area contributed by atoms with E-state index in [0.29, 0.717) is 40.6 Å². The van der Waals surface area contributed by atoms with Gasteiger partial charge in [0.2, 0.25) is 0 Å². The maximum absolute atomic E-state index is 12.5. The number of halogens is 1. The van der Waals surface area contributed by atoms with Gasteiger partial charge in [0.1, 0.15) is 0 Å². The van der Waals surface area contributed by atoms with Gasteiger partial charge in [-0.1, -0.05) is 35.9 Å². The fraction of sp³-hybridized carbons (Fsp3) is 0.280. The smallest absolute Gasteiger partial charge is 0.290 e. The maximum atomic E-state index is 12.5. The molecule has 2 fully saturated rings. The van der Waals surface area contributed by atoms with Crippen LogP contribution in [0.3, 0.4) is 0 Å². The van der Waals surface area contributed by atoms with Crippen LogP contribution in [-0.2, 0) is 4.79 Å². The van der Waals surface area contributed by atoms with E-state index in [0.717, 1.165) is 42.5 Å². The Hall–Kier alpha value is -3.14. The third-order valence-electron chi connectivity index (χ3n) is 6.32. The highest BCUT2D eigenvalue weighted by atomic mass is 35.5. The molecule has 0 bridgehead atoms. The summed E-state index contributed by atoms with van der Waals surface area (Å²) in [4.78, 5) is 52.3. The van der Waals surface area contributed by atoms with E-state index in [1.165, 1.54) is 4.90 Å². The Morgan fingerprint density at radius 1 is 1.06 bits per heavy atom. The Labute approximate surface area is 211 Å². The summed E-state index contributed by atoms with van der Waals surface area (Å²) in [6.45, 7) is 2.56. The predicted molar refractivity (Wildman–Crippen MR) is 136 cm³/mol. The molecule has 0 radical (unpaired) electrons. The van der Waals surface area contributed by atoms with Crippen LogP contribution in [0.15, 0.2) is 47.4 Å². The Bertz CT molecular complexity index is 1230. The normalized spacial score (nSPS) is 20.8. The largest absolute Gasteiger partial charge is 0.368 e. The summed E-state index contributed by atoms with van der Waals surface area (Å²) in [6.07, 6.45) is 3.27. The molecule has 2 aromatic rings. The van der Waals surface area contributed by atoms with E-state index in [2.05, 4.69) is 15.5 Å². The molecule has 8 nitrogen and oxygen atoms in total. The standard InChI is InChI=1S/C25H23ClN4O4S/c26-19-8-3-5-15(13-20-22(31)28-25(34)35-20)21(19)29-12-9-16(14-29)27-10-4-11-30-23(32)17-6-1-2-7-18(17)24(30)33/h1-3,5-8,13,16,27H,4,9-12,14H2,(H,28,31,34)/b20-13-/t16-/m0/s1. The lowest BCUT2D eigenvalue weighted by molar-refractivity contribution is -0.115. The van der Waals surface area contributed by atoms with Crippen LogP contribution in [0.4, 0.5) is 10.5 Å². The summed E-state index contributed by atoms with van der Waals surface area (Å²) in [5.74, 6) is -0.854. The lowest BCUT2D eigenvalue weighted by Gasteiger charge is -2.23. The van der Waals surface area contributed by atoms with Crippen molar-refractivity contribution in [3.05, 3.63) is 69.1 Å². The number of rotatable bonds is 7. The van der Waals surface area contributed by atoms with Crippen molar-refractivity contribution in [3.63, 3.8) is 0 Å². The zero-order valence-electron chi connectivity index (χ0n) is 18.8. The molecule has 2 aromatic carbocycles. The van der Waals surface area contributed by atoms with Crippen molar-refractivity contribution in [1.29, 1.82) is 0 Å². The van der Waals surface area contributed by atoms with Crippen LogP contribution in [0.1, 0.15) is 39.1 Å². The SMILES string of the molecule is O=C1NC(=O)/C(=C/c2cccc(Cl)c2N2CC[C@H](NCCCN3C(=O)c4ccccc4C3=O)C2)S1. The van der Waals surface area contributed by atoms with Crippen LogP contribution < -0.4 is 15.5 Å². The van der Waals surface area contributed by atoms with E-state index in [4.69, 9.17) is 11.6 Å². The van der Waals surface area contributed by atoms with Crippen LogP contribution in [0.25, 0.3) is 6.08 Å². The van der Waals surface area contributed by atoms with E-state index in [-0.39, 0.29) is 23.1 Å². The van der Waals surface area contributed by atoms with E-state index in [1.807, 2.05) is 18.2 Å². The topological polar surface area (TPSA) is 98.8 Å². The van der Waals surface area contributed by atoms with Gasteiger partial charge in [0.05, 0.1) is 26.7 Å². The Balaban J connectivity index is 1.17. The van der Waals surface area contributed by atoms with Gasteiger partial charge >= 0.3 is 0 Å². The van der Waals surface area contributed by atoms with Crippen molar-refractivity contribution >= 4 is 58.1 Å². The number of hydrogen-bond donors (Lipinski definition) is 2. The molecule has 3 aliphatic rings. The molecule has 0 unspecified atom stereocenters. The summed E-state index contributed by atoms with van der Waals surface area (Å²) in [5.41, 5.74) is 2.57. The molecule has 0 aliphatic carbocycles. The van der Waals surface area contributed by atoms with E-state index < -0.39 is 5.91 Å². The molecule has 2 N–H and O–H groups in total. The van der Waals surface area contributed by atoms with Crippen molar-refractivity contribution < 1.29 is 19.2 Å². The molecular formula is C25H23ClN4O4S. The van der Waals surface area contributed by atoms with Crippen LogP contribution in [0.2, 0.25) is 5.02 Å². The number of carbonyl (C=O) groups excluding carboxylic acids is 4. The molecule has 1 atom stereocenters. The third kappa shape index (κ3) is 4.71. The van der Waals surface area contributed by atoms with Crippen molar-refractivity contribution in [2.75, 3.05) is 31.1 Å². The predicted octanol–water partition coefficient (Wildman–Crippen LogP) is 3.52. The van der Waals surface area contributed by atoms with Crippen LogP contribution in [0.5, 0.6) is 0 Å². The zero-order valence-corrected chi connectivity index (χ0v) is 20.3. The van der Waals surface area contributed by atoms with Gasteiger partial charge in [0.25, 0.3) is 23.0 Å². The van der Waals surface area contributed by atoms with Gasteiger partial charge < -0.3 is 10.2 Å². The number of nitrogens with zero attached hydrogens (tertiary/aromatic N) is 2. The minimum atomic E-state index is -0.398. The van der Waals surface area contributed by atoms with E-state index >= 15 is 0 Å². The summed E-state index contributed by atoms with van der Waals surface area (Å²) in [6, 6.07) is 12.7. The number of thioether (sulfide) groups is 1. The molecule has 10 heteroatoms. The number of benzene rings is 2. The monoisotopic (exact) mass is 510 g/mol. The maximum Gasteiger partial charge on any atom is 0.290 e. The molecule has 0 aromatic heterocycles. The highest BCUT2D eigenvalue weighted by molar-refractivity contribution is 8.18.